The van der Waals surface area contributed by atoms with E-state index >= 15 is 0 Å². The smallest absolute Gasteiger partial charge is 0.257 e. The molecular weight excluding hydrogens is 414 g/mol. The van der Waals surface area contributed by atoms with E-state index in [1.165, 1.54) is 0 Å². The third kappa shape index (κ3) is 6.79. The van der Waals surface area contributed by atoms with E-state index < -0.39 is 0 Å². The lowest BCUT2D eigenvalue weighted by Crippen LogP contribution is -2.52. The van der Waals surface area contributed by atoms with Crippen molar-refractivity contribution >= 4 is 29.2 Å². The molecule has 1 aliphatic heterocycles. The van der Waals surface area contributed by atoms with E-state index in [1.54, 1.807) is 7.05 Å². The van der Waals surface area contributed by atoms with Gasteiger partial charge in [0.2, 0.25) is 0 Å². The minimum absolute atomic E-state index is 0.0172. The van der Waals surface area contributed by atoms with Gasteiger partial charge in [0.1, 0.15) is 5.75 Å². The first-order valence-electron chi connectivity index (χ1n) is 10.5. The SMILES string of the molecule is CCNC(=O)COc1cccc(CNC(=NC)N2CCN(c3cccc(Cl)c3)CC2)c1. The molecule has 1 amide bonds. The van der Waals surface area contributed by atoms with Gasteiger partial charge in [-0.15, -0.1) is 0 Å². The van der Waals surface area contributed by atoms with Crippen LogP contribution in [0.15, 0.2) is 53.5 Å². The fourth-order valence-corrected chi connectivity index (χ4v) is 3.69. The van der Waals surface area contributed by atoms with Crippen LogP contribution in [-0.4, -0.2) is 63.1 Å². The summed E-state index contributed by atoms with van der Waals surface area (Å²) in [7, 11) is 1.80. The molecule has 0 unspecified atom stereocenters. The largest absolute Gasteiger partial charge is 0.484 e. The molecule has 0 aliphatic carbocycles. The van der Waals surface area contributed by atoms with Crippen LogP contribution in [0.1, 0.15) is 12.5 Å². The van der Waals surface area contributed by atoms with Gasteiger partial charge >= 0.3 is 0 Å². The Hall–Kier alpha value is -2.93. The summed E-state index contributed by atoms with van der Waals surface area (Å²) in [5, 5.41) is 6.92. The van der Waals surface area contributed by atoms with Crippen LogP contribution < -0.4 is 20.3 Å². The summed E-state index contributed by atoms with van der Waals surface area (Å²) in [6, 6.07) is 15.7. The van der Waals surface area contributed by atoms with E-state index in [1.807, 2.05) is 49.4 Å². The Kier molecular flexibility index (Phi) is 8.41. The standard InChI is InChI=1S/C23H30ClN5O2/c1-3-26-22(30)17-31-21-9-4-6-18(14-21)16-27-23(25-2)29-12-10-28(11-13-29)20-8-5-7-19(24)15-20/h4-9,14-15H,3,10-13,16-17H2,1-2H3,(H,25,27)(H,26,30). The number of likely N-dealkylation sites (N-methyl/N-ethyl adjacent to an activating group) is 1. The predicted octanol–water partition coefficient (Wildman–Crippen LogP) is 2.75. The van der Waals surface area contributed by atoms with Crippen molar-refractivity contribution in [3.8, 4) is 5.75 Å². The van der Waals surface area contributed by atoms with Crippen LogP contribution in [0.4, 0.5) is 5.69 Å². The molecule has 0 spiro atoms. The summed E-state index contributed by atoms with van der Waals surface area (Å²) in [5.74, 6) is 1.43. The second kappa shape index (κ2) is 11.5. The van der Waals surface area contributed by atoms with E-state index in [0.717, 1.165) is 48.4 Å². The number of nitrogens with one attached hydrogen (secondary N) is 2. The lowest BCUT2D eigenvalue weighted by molar-refractivity contribution is -0.122. The molecular formula is C23H30ClN5O2. The van der Waals surface area contributed by atoms with Gasteiger partial charge in [-0.25, -0.2) is 0 Å². The van der Waals surface area contributed by atoms with Crippen molar-refractivity contribution in [1.82, 2.24) is 15.5 Å². The van der Waals surface area contributed by atoms with Crippen molar-refractivity contribution in [3.05, 3.63) is 59.1 Å². The zero-order valence-electron chi connectivity index (χ0n) is 18.1. The number of rotatable bonds is 7. The molecule has 0 atom stereocenters. The molecule has 0 radical (unpaired) electrons. The summed E-state index contributed by atoms with van der Waals surface area (Å²) in [6.45, 7) is 6.69. The Bertz CT molecular complexity index is 897. The van der Waals surface area contributed by atoms with Gasteiger partial charge in [0.05, 0.1) is 0 Å². The molecule has 1 saturated heterocycles. The average molecular weight is 444 g/mol. The summed E-state index contributed by atoms with van der Waals surface area (Å²) < 4.78 is 5.58. The molecule has 7 nitrogen and oxygen atoms in total. The Morgan fingerprint density at radius 1 is 1.10 bits per heavy atom. The van der Waals surface area contributed by atoms with Crippen molar-refractivity contribution in [2.24, 2.45) is 4.99 Å². The monoisotopic (exact) mass is 443 g/mol. The first-order chi connectivity index (χ1) is 15.1. The Balaban J connectivity index is 1.50. The lowest BCUT2D eigenvalue weighted by atomic mass is 10.2. The highest BCUT2D eigenvalue weighted by molar-refractivity contribution is 6.30. The van der Waals surface area contributed by atoms with Gasteiger partial charge in [-0.05, 0) is 42.8 Å². The summed E-state index contributed by atoms with van der Waals surface area (Å²) in [6.07, 6.45) is 0. The number of halogens is 1. The zero-order valence-corrected chi connectivity index (χ0v) is 18.9. The number of hydrogen-bond donors (Lipinski definition) is 2. The number of ether oxygens (including phenoxy) is 1. The number of amides is 1. The first-order valence-corrected chi connectivity index (χ1v) is 10.9. The molecule has 3 rings (SSSR count). The maximum Gasteiger partial charge on any atom is 0.257 e. The molecule has 31 heavy (non-hydrogen) atoms. The highest BCUT2D eigenvalue weighted by Gasteiger charge is 2.20. The Morgan fingerprint density at radius 3 is 2.58 bits per heavy atom. The normalized spacial score (nSPS) is 14.4. The van der Waals surface area contributed by atoms with Gasteiger partial charge in [-0.1, -0.05) is 29.8 Å². The molecule has 8 heteroatoms. The predicted molar refractivity (Wildman–Crippen MR) is 126 cm³/mol. The highest BCUT2D eigenvalue weighted by atomic mass is 35.5. The first kappa shape index (κ1) is 22.7. The molecule has 0 saturated carbocycles. The third-order valence-corrected chi connectivity index (χ3v) is 5.29. The average Bonchev–Trinajstić information content (AvgIpc) is 2.79. The molecule has 1 aliphatic rings. The van der Waals surface area contributed by atoms with Crippen LogP contribution in [0.5, 0.6) is 5.75 Å². The zero-order chi connectivity index (χ0) is 22.1. The van der Waals surface area contributed by atoms with Crippen LogP contribution in [-0.2, 0) is 11.3 Å². The Labute approximate surface area is 189 Å². The number of aliphatic imine (C=N–C) groups is 1. The van der Waals surface area contributed by atoms with Crippen molar-refractivity contribution in [2.45, 2.75) is 13.5 Å². The van der Waals surface area contributed by atoms with Crippen molar-refractivity contribution in [1.29, 1.82) is 0 Å². The van der Waals surface area contributed by atoms with Gasteiger partial charge < -0.3 is 25.2 Å². The van der Waals surface area contributed by atoms with E-state index in [4.69, 9.17) is 16.3 Å². The van der Waals surface area contributed by atoms with Crippen LogP contribution in [0, 0.1) is 0 Å². The van der Waals surface area contributed by atoms with E-state index in [0.29, 0.717) is 18.8 Å². The second-order valence-electron chi connectivity index (χ2n) is 7.24. The molecule has 2 aromatic carbocycles. The molecule has 2 aromatic rings. The van der Waals surface area contributed by atoms with E-state index in [2.05, 4.69) is 31.5 Å². The quantitative estimate of drug-likeness (QED) is 0.508. The summed E-state index contributed by atoms with van der Waals surface area (Å²) in [5.41, 5.74) is 2.21. The molecule has 1 fully saturated rings. The fourth-order valence-electron chi connectivity index (χ4n) is 3.50. The lowest BCUT2D eigenvalue weighted by Gasteiger charge is -2.37. The van der Waals surface area contributed by atoms with Crippen molar-refractivity contribution in [2.75, 3.05) is 51.3 Å². The molecule has 166 valence electrons. The number of carbonyl (C=O) groups is 1. The second-order valence-corrected chi connectivity index (χ2v) is 7.68. The molecule has 0 bridgehead atoms. The summed E-state index contributed by atoms with van der Waals surface area (Å²) in [4.78, 5) is 20.6. The van der Waals surface area contributed by atoms with Crippen LogP contribution in [0.3, 0.4) is 0 Å². The number of benzene rings is 2. The Morgan fingerprint density at radius 2 is 1.87 bits per heavy atom. The molecule has 2 N–H and O–H groups in total. The molecule has 0 aromatic heterocycles. The van der Waals surface area contributed by atoms with Gasteiger partial charge in [0.25, 0.3) is 5.91 Å². The number of hydrogen-bond acceptors (Lipinski definition) is 4. The van der Waals surface area contributed by atoms with Crippen molar-refractivity contribution < 1.29 is 9.53 Å². The number of piperazine rings is 1. The number of nitrogens with zero attached hydrogens (tertiary/aromatic N) is 3. The van der Waals surface area contributed by atoms with Gasteiger partial charge in [0, 0.05) is 57.0 Å². The molecule has 1 heterocycles. The third-order valence-electron chi connectivity index (χ3n) is 5.06. The van der Waals surface area contributed by atoms with Gasteiger partial charge in [-0.2, -0.15) is 0 Å². The number of anilines is 1. The summed E-state index contributed by atoms with van der Waals surface area (Å²) >= 11 is 6.13. The highest BCUT2D eigenvalue weighted by Crippen LogP contribution is 2.21. The van der Waals surface area contributed by atoms with E-state index in [-0.39, 0.29) is 12.5 Å². The van der Waals surface area contributed by atoms with Gasteiger partial charge in [-0.3, -0.25) is 9.79 Å². The number of carbonyl (C=O) groups excluding carboxylic acids is 1. The van der Waals surface area contributed by atoms with E-state index in [9.17, 15) is 4.79 Å². The topological polar surface area (TPSA) is 69.2 Å². The number of guanidine groups is 1. The maximum absolute atomic E-state index is 11.6. The van der Waals surface area contributed by atoms with Crippen LogP contribution in [0.2, 0.25) is 5.02 Å². The van der Waals surface area contributed by atoms with Crippen molar-refractivity contribution in [3.63, 3.8) is 0 Å². The van der Waals surface area contributed by atoms with Crippen LogP contribution in [0.25, 0.3) is 0 Å². The fraction of sp³-hybridized carbons (Fsp3) is 0.391. The minimum atomic E-state index is -0.122. The van der Waals surface area contributed by atoms with Crippen LogP contribution >= 0.6 is 11.6 Å². The van der Waals surface area contributed by atoms with Gasteiger partial charge in [0.15, 0.2) is 12.6 Å². The minimum Gasteiger partial charge on any atom is -0.484 e. The maximum atomic E-state index is 11.6.